The van der Waals surface area contributed by atoms with Crippen LogP contribution >= 0.6 is 0 Å². The number of allylic oxidation sites excluding steroid dienone is 4. The second kappa shape index (κ2) is 29.7. The third-order valence-corrected chi connectivity index (χ3v) is 11.3. The first-order valence-electron chi connectivity index (χ1n) is 21.5. The summed E-state index contributed by atoms with van der Waals surface area (Å²) >= 11 is 0. The standard InChI is InChI=1S/2C23H40O2/c1-4-5-6-12-15-22-18-21(16-17-23(22)20(3)25)14-11-9-7-8-10-13-19(2)24;1-4-5-6-11-14-21-16-22(18-23(17-21)20(3)25)15-12-9-7-8-10-13-19(2)24/h18,22-23H,4-17H2,1-3H3;16,21,23H,4-15,17-18H2,1-3H3. The summed E-state index contributed by atoms with van der Waals surface area (Å²) in [5.74, 6) is 3.07. The Kier molecular flexibility index (Phi) is 27.4. The van der Waals surface area contributed by atoms with Crippen molar-refractivity contribution in [3.8, 4) is 0 Å². The topological polar surface area (TPSA) is 68.3 Å². The van der Waals surface area contributed by atoms with Gasteiger partial charge in [-0.1, -0.05) is 127 Å². The van der Waals surface area contributed by atoms with Gasteiger partial charge in [-0.15, -0.1) is 0 Å². The number of rotatable bonds is 28. The maximum atomic E-state index is 12.0. The molecule has 0 N–H and O–H groups in total. The predicted molar refractivity (Wildman–Crippen MR) is 213 cm³/mol. The van der Waals surface area contributed by atoms with Gasteiger partial charge < -0.3 is 9.59 Å². The molecular weight excluding hydrogens is 617 g/mol. The van der Waals surface area contributed by atoms with E-state index >= 15 is 0 Å². The van der Waals surface area contributed by atoms with Crippen molar-refractivity contribution in [1.29, 1.82) is 0 Å². The van der Waals surface area contributed by atoms with Crippen LogP contribution in [0.2, 0.25) is 0 Å². The van der Waals surface area contributed by atoms with Crippen molar-refractivity contribution in [3.63, 3.8) is 0 Å². The van der Waals surface area contributed by atoms with E-state index in [4.69, 9.17) is 0 Å². The number of Topliss-reactive ketones (excluding diaryl/α,β-unsaturated/α-hetero) is 4. The smallest absolute Gasteiger partial charge is 0.133 e. The quantitative estimate of drug-likeness (QED) is 0.0603. The molecule has 4 nitrogen and oxygen atoms in total. The third kappa shape index (κ3) is 23.6. The van der Waals surface area contributed by atoms with Crippen molar-refractivity contribution in [2.75, 3.05) is 0 Å². The van der Waals surface area contributed by atoms with E-state index < -0.39 is 0 Å². The lowest BCUT2D eigenvalue weighted by molar-refractivity contribution is -0.122. The molecule has 0 spiro atoms. The first-order chi connectivity index (χ1) is 24.1. The summed E-state index contributed by atoms with van der Waals surface area (Å²) in [7, 11) is 0. The molecule has 0 heterocycles. The minimum absolute atomic E-state index is 0.270. The van der Waals surface area contributed by atoms with Crippen LogP contribution in [0.15, 0.2) is 23.3 Å². The summed E-state index contributed by atoms with van der Waals surface area (Å²) in [6.45, 7) is 11.4. The van der Waals surface area contributed by atoms with Crippen molar-refractivity contribution in [3.05, 3.63) is 23.3 Å². The SMILES string of the molecule is CCCCCCC1C=C(CCCCCCCC(C)=O)CC(C(C)=O)C1.CCCCCCC1C=C(CCCCCCCC(C)=O)CCC1C(C)=O. The highest BCUT2D eigenvalue weighted by Gasteiger charge is 2.28. The van der Waals surface area contributed by atoms with Crippen LogP contribution in [0.1, 0.15) is 221 Å². The number of carbonyl (C=O) groups excluding carboxylic acids is 4. The molecule has 2 aliphatic rings. The fourth-order valence-corrected chi connectivity index (χ4v) is 8.14. The molecule has 4 atom stereocenters. The van der Waals surface area contributed by atoms with Gasteiger partial charge >= 0.3 is 0 Å². The number of hydrogen-bond donors (Lipinski definition) is 0. The summed E-state index contributed by atoms with van der Waals surface area (Å²) in [5, 5.41) is 0. The van der Waals surface area contributed by atoms with Crippen LogP contribution in [-0.4, -0.2) is 23.1 Å². The number of carbonyl (C=O) groups is 4. The van der Waals surface area contributed by atoms with Gasteiger partial charge in [-0.3, -0.25) is 9.59 Å². The Balaban J connectivity index is 0.000000500. The van der Waals surface area contributed by atoms with Gasteiger partial charge in [0.25, 0.3) is 0 Å². The minimum Gasteiger partial charge on any atom is -0.300 e. The van der Waals surface area contributed by atoms with Gasteiger partial charge in [-0.05, 0) is 117 Å². The van der Waals surface area contributed by atoms with E-state index in [1.807, 2.05) is 0 Å². The zero-order valence-corrected chi connectivity index (χ0v) is 33.9. The Morgan fingerprint density at radius 3 is 1.58 bits per heavy atom. The Morgan fingerprint density at radius 2 is 1.06 bits per heavy atom. The largest absolute Gasteiger partial charge is 0.300 e. The first kappa shape index (κ1) is 46.2. The fourth-order valence-electron chi connectivity index (χ4n) is 8.14. The van der Waals surface area contributed by atoms with Gasteiger partial charge in [0, 0.05) is 24.7 Å². The molecule has 0 saturated heterocycles. The molecule has 0 saturated carbocycles. The molecule has 0 bridgehead atoms. The zero-order chi connectivity index (χ0) is 37.0. The summed E-state index contributed by atoms with van der Waals surface area (Å²) in [6, 6.07) is 0. The van der Waals surface area contributed by atoms with Crippen molar-refractivity contribution in [2.45, 2.75) is 221 Å². The Morgan fingerprint density at radius 1 is 0.560 bits per heavy atom. The first-order valence-corrected chi connectivity index (χ1v) is 21.5. The molecule has 2 rings (SSSR count). The maximum Gasteiger partial charge on any atom is 0.133 e. The second-order valence-electron chi connectivity index (χ2n) is 16.2. The van der Waals surface area contributed by atoms with Crippen LogP contribution in [0.4, 0.5) is 0 Å². The van der Waals surface area contributed by atoms with Crippen LogP contribution in [0.3, 0.4) is 0 Å². The van der Waals surface area contributed by atoms with E-state index in [1.54, 1.807) is 33.3 Å². The third-order valence-electron chi connectivity index (χ3n) is 11.3. The van der Waals surface area contributed by atoms with Crippen molar-refractivity contribution < 1.29 is 19.2 Å². The monoisotopic (exact) mass is 697 g/mol. The summed E-state index contributed by atoms with van der Waals surface area (Å²) in [5.41, 5.74) is 3.14. The average molecular weight is 697 g/mol. The van der Waals surface area contributed by atoms with Crippen LogP contribution in [0.5, 0.6) is 0 Å². The van der Waals surface area contributed by atoms with Gasteiger partial charge in [-0.2, -0.15) is 0 Å². The van der Waals surface area contributed by atoms with Crippen molar-refractivity contribution in [2.24, 2.45) is 23.7 Å². The Labute approximate surface area is 309 Å². The van der Waals surface area contributed by atoms with Gasteiger partial charge in [0.15, 0.2) is 0 Å². The Bertz CT molecular complexity index is 1000. The van der Waals surface area contributed by atoms with Crippen LogP contribution in [0, 0.1) is 23.7 Å². The molecule has 4 heteroatoms. The van der Waals surface area contributed by atoms with Gasteiger partial charge in [0.05, 0.1) is 0 Å². The molecule has 4 unspecified atom stereocenters. The summed E-state index contributed by atoms with van der Waals surface area (Å²) in [4.78, 5) is 45.7. The van der Waals surface area contributed by atoms with E-state index in [9.17, 15) is 19.2 Å². The normalized spacial score (nSPS) is 20.4. The summed E-state index contributed by atoms with van der Waals surface area (Å²) < 4.78 is 0. The van der Waals surface area contributed by atoms with E-state index in [-0.39, 0.29) is 11.8 Å². The zero-order valence-electron chi connectivity index (χ0n) is 33.9. The molecular formula is C46H80O4. The van der Waals surface area contributed by atoms with Gasteiger partial charge in [0.1, 0.15) is 23.1 Å². The van der Waals surface area contributed by atoms with E-state index in [1.165, 1.54) is 134 Å². The minimum atomic E-state index is 0.270. The lowest BCUT2D eigenvalue weighted by atomic mass is 9.75. The molecule has 50 heavy (non-hydrogen) atoms. The fraction of sp³-hybridized carbons (Fsp3) is 0.826. The van der Waals surface area contributed by atoms with Crippen LogP contribution in [0.25, 0.3) is 0 Å². The van der Waals surface area contributed by atoms with Gasteiger partial charge in [0.2, 0.25) is 0 Å². The highest BCUT2D eigenvalue weighted by Crippen LogP contribution is 2.36. The molecule has 0 radical (unpaired) electrons. The second-order valence-corrected chi connectivity index (χ2v) is 16.2. The molecule has 0 aromatic carbocycles. The Hall–Kier alpha value is -1.84. The molecule has 2 aliphatic carbocycles. The molecule has 0 fully saturated rings. The van der Waals surface area contributed by atoms with Crippen LogP contribution < -0.4 is 0 Å². The number of unbranched alkanes of at least 4 members (excludes halogenated alkanes) is 14. The van der Waals surface area contributed by atoms with E-state index in [0.717, 1.165) is 51.4 Å². The molecule has 0 aliphatic heterocycles. The molecule has 0 amide bonds. The molecule has 0 aromatic heterocycles. The predicted octanol–water partition coefficient (Wildman–Crippen LogP) is 13.6. The molecule has 288 valence electrons. The average Bonchev–Trinajstić information content (AvgIpc) is 3.07. The van der Waals surface area contributed by atoms with Crippen molar-refractivity contribution in [1.82, 2.24) is 0 Å². The lowest BCUT2D eigenvalue weighted by Gasteiger charge is -2.29. The number of ketones is 4. The van der Waals surface area contributed by atoms with E-state index in [2.05, 4.69) is 26.0 Å². The number of hydrogen-bond acceptors (Lipinski definition) is 4. The highest BCUT2D eigenvalue weighted by molar-refractivity contribution is 5.79. The van der Waals surface area contributed by atoms with Gasteiger partial charge in [-0.25, -0.2) is 0 Å². The summed E-state index contributed by atoms with van der Waals surface area (Å²) in [6.07, 6.45) is 38.0. The highest BCUT2D eigenvalue weighted by atomic mass is 16.1. The van der Waals surface area contributed by atoms with Crippen molar-refractivity contribution >= 4 is 23.1 Å². The van der Waals surface area contributed by atoms with Crippen LogP contribution in [-0.2, 0) is 19.2 Å². The maximum absolute atomic E-state index is 12.0. The molecule has 0 aromatic rings. The van der Waals surface area contributed by atoms with E-state index in [0.29, 0.717) is 35.0 Å². The lowest BCUT2D eigenvalue weighted by Crippen LogP contribution is -2.24.